The normalized spacial score (nSPS) is 14.6. The van der Waals surface area contributed by atoms with Crippen LogP contribution in [0.3, 0.4) is 0 Å². The first-order chi connectivity index (χ1) is 9.26. The summed E-state index contributed by atoms with van der Waals surface area (Å²) in [7, 11) is 0. The van der Waals surface area contributed by atoms with Gasteiger partial charge >= 0.3 is 0 Å². The first-order valence-electron chi connectivity index (χ1n) is 6.25. The number of nitrogens with zero attached hydrogens (tertiary/aromatic N) is 1. The van der Waals surface area contributed by atoms with Gasteiger partial charge in [0.25, 0.3) is 0 Å². The molecule has 0 saturated heterocycles. The molecule has 0 radical (unpaired) electrons. The Labute approximate surface area is 130 Å². The molecule has 0 saturated carbocycles. The monoisotopic (exact) mass is 333 g/mol. The molecule has 0 heterocycles. The second-order valence-electron chi connectivity index (χ2n) is 4.49. The Kier molecular flexibility index (Phi) is 7.79. The van der Waals surface area contributed by atoms with E-state index in [0.717, 1.165) is 15.6 Å². The van der Waals surface area contributed by atoms with Gasteiger partial charge in [0, 0.05) is 10.1 Å². The van der Waals surface area contributed by atoms with Crippen LogP contribution in [0.2, 0.25) is 0 Å². The second-order valence-corrected chi connectivity index (χ2v) is 5.35. The van der Waals surface area contributed by atoms with Crippen molar-refractivity contribution >= 4 is 21.7 Å². The molecule has 0 aliphatic carbocycles. The summed E-state index contributed by atoms with van der Waals surface area (Å²) in [6, 6.07) is 2.18. The lowest BCUT2D eigenvalue weighted by atomic mass is 9.97. The maximum atomic E-state index is 11.3. The fourth-order valence-corrected chi connectivity index (χ4v) is 2.08. The summed E-state index contributed by atoms with van der Waals surface area (Å²) in [4.78, 5) is 11.3. The molecule has 0 N–H and O–H groups in total. The van der Waals surface area contributed by atoms with Gasteiger partial charge in [0.05, 0.1) is 5.57 Å². The largest absolute Gasteiger partial charge is 0.295 e. The number of carbonyl (C=O) groups excluding carboxylic acids is 1. The van der Waals surface area contributed by atoms with Gasteiger partial charge in [0.2, 0.25) is 0 Å². The fourth-order valence-electron chi connectivity index (χ4n) is 1.45. The lowest BCUT2D eigenvalue weighted by Crippen LogP contribution is -1.94. The minimum atomic E-state index is 0.0152. The van der Waals surface area contributed by atoms with Gasteiger partial charge in [-0.05, 0) is 57.4 Å². The van der Waals surface area contributed by atoms with Crippen molar-refractivity contribution in [2.75, 3.05) is 0 Å². The molecule has 0 unspecified atom stereocenters. The van der Waals surface area contributed by atoms with Crippen LogP contribution in [-0.2, 0) is 4.79 Å². The maximum Gasteiger partial charge on any atom is 0.156 e. The standard InChI is InChI=1S/C17H20BrNO/c1-7-8-11(2)16(10-19)13(4)12(3)9-17(18)14(5)15(6)20/h7-9H,2H2,1,3-6H3. The molecule has 0 aliphatic rings. The van der Waals surface area contributed by atoms with Gasteiger partial charge in [0.15, 0.2) is 5.78 Å². The quantitative estimate of drug-likeness (QED) is 0.396. The zero-order chi connectivity index (χ0) is 15.9. The van der Waals surface area contributed by atoms with E-state index in [1.54, 1.807) is 13.0 Å². The van der Waals surface area contributed by atoms with Crippen LogP contribution in [0.15, 0.2) is 57.2 Å². The second kappa shape index (κ2) is 8.50. The van der Waals surface area contributed by atoms with E-state index in [2.05, 4.69) is 28.6 Å². The van der Waals surface area contributed by atoms with Gasteiger partial charge in [-0.15, -0.1) is 0 Å². The van der Waals surface area contributed by atoms with Crippen LogP contribution in [0, 0.1) is 11.3 Å². The Bertz CT molecular complexity index is 581. The number of rotatable bonds is 5. The zero-order valence-electron chi connectivity index (χ0n) is 12.7. The molecule has 3 heteroatoms. The van der Waals surface area contributed by atoms with Gasteiger partial charge in [-0.3, -0.25) is 4.79 Å². The van der Waals surface area contributed by atoms with E-state index < -0.39 is 0 Å². The van der Waals surface area contributed by atoms with Crippen molar-refractivity contribution in [2.45, 2.75) is 34.6 Å². The lowest BCUT2D eigenvalue weighted by molar-refractivity contribution is -0.113. The number of hydrogen-bond donors (Lipinski definition) is 0. The van der Waals surface area contributed by atoms with Gasteiger partial charge < -0.3 is 0 Å². The third-order valence-corrected chi connectivity index (χ3v) is 3.82. The summed E-state index contributed by atoms with van der Waals surface area (Å²) < 4.78 is 0.732. The molecule has 0 amide bonds. The number of hydrogen-bond acceptors (Lipinski definition) is 2. The topological polar surface area (TPSA) is 40.9 Å². The minimum absolute atomic E-state index is 0.0152. The molecule has 0 fully saturated rings. The van der Waals surface area contributed by atoms with Gasteiger partial charge in [-0.25, -0.2) is 0 Å². The summed E-state index contributed by atoms with van der Waals surface area (Å²) >= 11 is 3.39. The van der Waals surface area contributed by atoms with Crippen LogP contribution < -0.4 is 0 Å². The predicted molar refractivity (Wildman–Crippen MR) is 88.3 cm³/mol. The average molecular weight is 334 g/mol. The van der Waals surface area contributed by atoms with Gasteiger partial charge in [-0.2, -0.15) is 5.26 Å². The van der Waals surface area contributed by atoms with E-state index in [1.165, 1.54) is 6.92 Å². The molecular weight excluding hydrogens is 314 g/mol. The first kappa shape index (κ1) is 18.3. The molecule has 0 spiro atoms. The molecular formula is C17H20BrNO. The highest BCUT2D eigenvalue weighted by Gasteiger charge is 2.08. The number of nitriles is 1. The van der Waals surface area contributed by atoms with Crippen LogP contribution in [0.4, 0.5) is 0 Å². The Morgan fingerprint density at radius 2 is 1.75 bits per heavy atom. The summed E-state index contributed by atoms with van der Waals surface area (Å²) in [6.07, 6.45) is 5.51. The summed E-state index contributed by atoms with van der Waals surface area (Å²) in [5.41, 5.74) is 3.66. The Morgan fingerprint density at radius 3 is 2.15 bits per heavy atom. The number of allylic oxidation sites excluding steroid dienone is 9. The van der Waals surface area contributed by atoms with E-state index in [1.807, 2.05) is 32.9 Å². The van der Waals surface area contributed by atoms with Crippen LogP contribution >= 0.6 is 15.9 Å². The van der Waals surface area contributed by atoms with Crippen LogP contribution in [-0.4, -0.2) is 5.78 Å². The average Bonchev–Trinajstić information content (AvgIpc) is 2.38. The van der Waals surface area contributed by atoms with E-state index in [9.17, 15) is 10.1 Å². The van der Waals surface area contributed by atoms with Crippen molar-refractivity contribution in [3.63, 3.8) is 0 Å². The SMILES string of the molecule is C=C(C=CC)C(C#N)=C(C)C(C)=CC(Br)=C(C)C(C)=O. The Morgan fingerprint density at radius 1 is 1.20 bits per heavy atom. The van der Waals surface area contributed by atoms with E-state index in [4.69, 9.17) is 0 Å². The predicted octanol–water partition coefficient (Wildman–Crippen LogP) is 5.16. The van der Waals surface area contributed by atoms with Crippen molar-refractivity contribution in [1.82, 2.24) is 0 Å². The highest BCUT2D eigenvalue weighted by Crippen LogP contribution is 2.24. The molecule has 0 bridgehead atoms. The number of carbonyl (C=O) groups is 1. The molecule has 0 atom stereocenters. The number of Topliss-reactive ketones (excluding diaryl/α,β-unsaturated/α-hetero) is 1. The Hall–Kier alpha value is -1.66. The molecule has 0 aromatic carbocycles. The highest BCUT2D eigenvalue weighted by atomic mass is 79.9. The molecule has 106 valence electrons. The highest BCUT2D eigenvalue weighted by molar-refractivity contribution is 9.11. The van der Waals surface area contributed by atoms with Crippen molar-refractivity contribution in [3.8, 4) is 6.07 Å². The number of halogens is 1. The summed E-state index contributed by atoms with van der Waals surface area (Å²) in [5.74, 6) is 0.0152. The van der Waals surface area contributed by atoms with E-state index >= 15 is 0 Å². The molecule has 0 aromatic heterocycles. The molecule has 0 aliphatic heterocycles. The smallest absolute Gasteiger partial charge is 0.156 e. The summed E-state index contributed by atoms with van der Waals surface area (Å²) in [6.45, 7) is 12.8. The fraction of sp³-hybridized carbons (Fsp3) is 0.294. The molecule has 0 rings (SSSR count). The molecule has 0 aromatic rings. The van der Waals surface area contributed by atoms with Crippen molar-refractivity contribution in [3.05, 3.63) is 57.2 Å². The van der Waals surface area contributed by atoms with Crippen molar-refractivity contribution in [2.24, 2.45) is 0 Å². The number of ketones is 1. The maximum absolute atomic E-state index is 11.3. The molecule has 20 heavy (non-hydrogen) atoms. The minimum Gasteiger partial charge on any atom is -0.295 e. The third kappa shape index (κ3) is 5.14. The first-order valence-corrected chi connectivity index (χ1v) is 7.04. The van der Waals surface area contributed by atoms with Gasteiger partial charge in [0.1, 0.15) is 6.07 Å². The lowest BCUT2D eigenvalue weighted by Gasteiger charge is -2.07. The van der Waals surface area contributed by atoms with Crippen molar-refractivity contribution in [1.29, 1.82) is 5.26 Å². The van der Waals surface area contributed by atoms with Crippen LogP contribution in [0.25, 0.3) is 0 Å². The van der Waals surface area contributed by atoms with Gasteiger partial charge in [-0.1, -0.05) is 34.7 Å². The van der Waals surface area contributed by atoms with Crippen molar-refractivity contribution < 1.29 is 4.79 Å². The summed E-state index contributed by atoms with van der Waals surface area (Å²) in [5, 5.41) is 9.27. The third-order valence-electron chi connectivity index (χ3n) is 3.00. The van der Waals surface area contributed by atoms with E-state index in [-0.39, 0.29) is 5.78 Å². The van der Waals surface area contributed by atoms with Crippen LogP contribution in [0.1, 0.15) is 34.6 Å². The molecule has 2 nitrogen and oxygen atoms in total. The van der Waals surface area contributed by atoms with Crippen LogP contribution in [0.5, 0.6) is 0 Å². The Balaban J connectivity index is 5.75. The van der Waals surface area contributed by atoms with E-state index in [0.29, 0.717) is 16.7 Å². The zero-order valence-corrected chi connectivity index (χ0v) is 14.3.